The number of rotatable bonds is 0. The van der Waals surface area contributed by atoms with Gasteiger partial charge in [0.2, 0.25) is 0 Å². The molecule has 2 nitrogen and oxygen atoms in total. The summed E-state index contributed by atoms with van der Waals surface area (Å²) in [5.74, 6) is 0.144. The van der Waals surface area contributed by atoms with E-state index in [0.29, 0.717) is 0 Å². The van der Waals surface area contributed by atoms with E-state index >= 15 is 0 Å². The quantitative estimate of drug-likeness (QED) is 0.430. The van der Waals surface area contributed by atoms with Crippen LogP contribution in [0.15, 0.2) is 60.7 Å². The van der Waals surface area contributed by atoms with Gasteiger partial charge in [-0.2, -0.15) is 0 Å². The molecule has 0 aliphatic rings. The molecule has 0 spiro atoms. The van der Waals surface area contributed by atoms with Gasteiger partial charge in [-0.3, -0.25) is 0 Å². The minimum absolute atomic E-state index is 0. The molecule has 0 heterocycles. The summed E-state index contributed by atoms with van der Waals surface area (Å²) < 4.78 is 0. The van der Waals surface area contributed by atoms with E-state index in [-0.39, 0.29) is 70.6 Å². The molecule has 0 aliphatic heterocycles. The molecular weight excluding hydrogens is 222 g/mol. The van der Waals surface area contributed by atoms with Gasteiger partial charge in [0.05, 0.1) is 0 Å². The summed E-state index contributed by atoms with van der Waals surface area (Å²) in [4.78, 5) is 0. The van der Waals surface area contributed by atoms with Crippen molar-refractivity contribution in [2.24, 2.45) is 0 Å². The minimum Gasteiger partial charge on any atom is -0.872 e. The average Bonchev–Trinajstić information content (AvgIpc) is 2.21. The first-order chi connectivity index (χ1) is 6.79. The maximum absolute atomic E-state index is 10.3. The Morgan fingerprint density at radius 2 is 0.750 bits per heavy atom. The summed E-state index contributed by atoms with van der Waals surface area (Å²) in [7, 11) is 0. The molecular formula is C12H10Na2O2. The van der Waals surface area contributed by atoms with Gasteiger partial charge in [-0.05, 0) is 0 Å². The third kappa shape index (κ3) is 9.28. The molecule has 0 radical (unpaired) electrons. The fraction of sp³-hybridized carbons (Fsp3) is 0. The van der Waals surface area contributed by atoms with Crippen LogP contribution in [-0.4, -0.2) is 0 Å². The zero-order valence-corrected chi connectivity index (χ0v) is 13.6. The largest absolute Gasteiger partial charge is 1.00 e. The molecule has 0 unspecified atom stereocenters. The molecule has 0 saturated heterocycles. The van der Waals surface area contributed by atoms with Crippen LogP contribution in [0.3, 0.4) is 0 Å². The van der Waals surface area contributed by atoms with Crippen LogP contribution in [0, 0.1) is 0 Å². The first-order valence-electron chi connectivity index (χ1n) is 4.23. The van der Waals surface area contributed by atoms with Crippen LogP contribution in [0.2, 0.25) is 0 Å². The van der Waals surface area contributed by atoms with Crippen molar-refractivity contribution in [3.63, 3.8) is 0 Å². The van der Waals surface area contributed by atoms with Crippen LogP contribution in [-0.2, 0) is 0 Å². The molecule has 0 fully saturated rings. The van der Waals surface area contributed by atoms with Gasteiger partial charge in [-0.1, -0.05) is 60.7 Å². The molecule has 16 heavy (non-hydrogen) atoms. The Labute approximate surface area is 140 Å². The minimum atomic E-state index is 0. The Morgan fingerprint density at radius 3 is 0.875 bits per heavy atom. The molecule has 0 saturated carbocycles. The zero-order chi connectivity index (χ0) is 10.2. The van der Waals surface area contributed by atoms with Crippen LogP contribution in [0.5, 0.6) is 11.5 Å². The summed E-state index contributed by atoms with van der Waals surface area (Å²) in [6.45, 7) is 0. The van der Waals surface area contributed by atoms with Crippen molar-refractivity contribution >= 4 is 0 Å². The van der Waals surface area contributed by atoms with Crippen molar-refractivity contribution in [2.45, 2.75) is 0 Å². The number of hydrogen-bond acceptors (Lipinski definition) is 2. The van der Waals surface area contributed by atoms with Crippen molar-refractivity contribution in [1.29, 1.82) is 0 Å². The van der Waals surface area contributed by atoms with Crippen LogP contribution in [0.25, 0.3) is 0 Å². The van der Waals surface area contributed by atoms with E-state index in [1.165, 1.54) is 24.3 Å². The third-order valence-electron chi connectivity index (χ3n) is 1.49. The predicted octanol–water partition coefficient (Wildman–Crippen LogP) is -4.47. The molecule has 0 N–H and O–H groups in total. The second kappa shape index (κ2) is 11.5. The molecule has 2 aromatic rings. The standard InChI is InChI=1S/2C6H6O.2Na/c2*7-6-4-2-1-3-5-6;;/h2*1-5,7H;;/q;;2*+1/p-2. The summed E-state index contributed by atoms with van der Waals surface area (Å²) >= 11 is 0. The Hall–Kier alpha value is 0.0400. The molecule has 2 rings (SSSR count). The topological polar surface area (TPSA) is 46.1 Å². The number of hydrogen-bond donors (Lipinski definition) is 0. The van der Waals surface area contributed by atoms with Gasteiger partial charge in [0.15, 0.2) is 0 Å². The van der Waals surface area contributed by atoms with Crippen LogP contribution in [0.1, 0.15) is 0 Å². The van der Waals surface area contributed by atoms with Crippen LogP contribution >= 0.6 is 0 Å². The predicted molar refractivity (Wildman–Crippen MR) is 51.8 cm³/mol. The van der Waals surface area contributed by atoms with Crippen molar-refractivity contribution in [1.82, 2.24) is 0 Å². The van der Waals surface area contributed by atoms with E-state index < -0.39 is 0 Å². The van der Waals surface area contributed by atoms with E-state index in [4.69, 9.17) is 0 Å². The monoisotopic (exact) mass is 232 g/mol. The van der Waals surface area contributed by atoms with Crippen molar-refractivity contribution < 1.29 is 69.3 Å². The molecule has 72 valence electrons. The normalized spacial score (nSPS) is 7.50. The smallest absolute Gasteiger partial charge is 0.872 e. The fourth-order valence-corrected chi connectivity index (χ4v) is 0.841. The third-order valence-corrected chi connectivity index (χ3v) is 1.49. The van der Waals surface area contributed by atoms with Gasteiger partial charge in [0.25, 0.3) is 0 Å². The van der Waals surface area contributed by atoms with E-state index in [1.54, 1.807) is 24.3 Å². The molecule has 0 bridgehead atoms. The molecule has 2 aromatic carbocycles. The molecule has 0 atom stereocenters. The van der Waals surface area contributed by atoms with Crippen molar-refractivity contribution in [2.75, 3.05) is 0 Å². The number of para-hydroxylation sites is 2. The Balaban J connectivity index is 0. The first-order valence-corrected chi connectivity index (χ1v) is 4.23. The van der Waals surface area contributed by atoms with E-state index in [1.807, 2.05) is 12.1 Å². The van der Waals surface area contributed by atoms with E-state index in [9.17, 15) is 10.2 Å². The average molecular weight is 232 g/mol. The molecule has 4 heteroatoms. The first kappa shape index (κ1) is 18.4. The summed E-state index contributed by atoms with van der Waals surface area (Å²) in [6, 6.07) is 16.7. The second-order valence-electron chi connectivity index (χ2n) is 2.63. The fourth-order valence-electron chi connectivity index (χ4n) is 0.841. The van der Waals surface area contributed by atoms with Gasteiger partial charge in [-0.25, -0.2) is 0 Å². The van der Waals surface area contributed by atoms with Gasteiger partial charge in [0, 0.05) is 0 Å². The van der Waals surface area contributed by atoms with Crippen LogP contribution < -0.4 is 69.3 Å². The Morgan fingerprint density at radius 1 is 0.500 bits per heavy atom. The van der Waals surface area contributed by atoms with Gasteiger partial charge < -0.3 is 10.2 Å². The SMILES string of the molecule is [Na+].[Na+].[O-]c1ccccc1.[O-]c1ccccc1. The maximum atomic E-state index is 10.3. The van der Waals surface area contributed by atoms with E-state index in [2.05, 4.69) is 0 Å². The molecule has 0 aromatic heterocycles. The number of benzene rings is 2. The molecule has 0 amide bonds. The van der Waals surface area contributed by atoms with E-state index in [0.717, 1.165) is 0 Å². The Bertz CT molecular complexity index is 314. The summed E-state index contributed by atoms with van der Waals surface area (Å²) in [5, 5.41) is 20.5. The van der Waals surface area contributed by atoms with Crippen molar-refractivity contribution in [3.05, 3.63) is 60.7 Å². The maximum Gasteiger partial charge on any atom is 1.00 e. The Kier molecular flexibility index (Phi) is 13.3. The zero-order valence-electron chi connectivity index (χ0n) is 9.59. The summed E-state index contributed by atoms with van der Waals surface area (Å²) in [6.07, 6.45) is 0. The van der Waals surface area contributed by atoms with Gasteiger partial charge in [-0.15, -0.1) is 11.5 Å². The van der Waals surface area contributed by atoms with Gasteiger partial charge in [0.1, 0.15) is 0 Å². The van der Waals surface area contributed by atoms with Crippen molar-refractivity contribution in [3.8, 4) is 11.5 Å². The second-order valence-corrected chi connectivity index (χ2v) is 2.63. The summed E-state index contributed by atoms with van der Waals surface area (Å²) in [5.41, 5.74) is 0. The van der Waals surface area contributed by atoms with Gasteiger partial charge >= 0.3 is 59.1 Å². The molecule has 0 aliphatic carbocycles. The van der Waals surface area contributed by atoms with Crippen LogP contribution in [0.4, 0.5) is 0 Å².